The Morgan fingerprint density at radius 2 is 1.71 bits per heavy atom. The summed E-state index contributed by atoms with van der Waals surface area (Å²) >= 11 is 0. The first-order valence-electron chi connectivity index (χ1n) is 23.7. The molecule has 10 nitrogen and oxygen atoms in total. The highest BCUT2D eigenvalue weighted by molar-refractivity contribution is 5.64. The molecule has 1 saturated heterocycles. The molecule has 11 unspecified atom stereocenters. The maximum atomic E-state index is 12.6. The lowest BCUT2D eigenvalue weighted by molar-refractivity contribution is -0.154. The normalized spacial score (nSPS) is 30.9. The summed E-state index contributed by atoms with van der Waals surface area (Å²) in [6, 6.07) is 19.3. The Morgan fingerprint density at radius 1 is 0.905 bits per heavy atom. The first kappa shape index (κ1) is 43.9. The minimum Gasteiger partial charge on any atom is -0.508 e. The van der Waals surface area contributed by atoms with E-state index in [0.29, 0.717) is 35.9 Å². The fourth-order valence-electron chi connectivity index (χ4n) is 13.3. The Kier molecular flexibility index (Phi) is 13.0. The maximum Gasteiger partial charge on any atom is 0.201 e. The van der Waals surface area contributed by atoms with E-state index in [1.54, 1.807) is 0 Å². The van der Waals surface area contributed by atoms with Crippen molar-refractivity contribution in [3.63, 3.8) is 0 Å². The molecule has 4 aliphatic carbocycles. The number of allylic oxidation sites excluding steroid dienone is 1. The van der Waals surface area contributed by atoms with E-state index in [0.717, 1.165) is 68.1 Å². The van der Waals surface area contributed by atoms with Crippen molar-refractivity contribution in [2.45, 2.75) is 144 Å². The van der Waals surface area contributed by atoms with E-state index in [2.05, 4.69) is 58.9 Å². The summed E-state index contributed by atoms with van der Waals surface area (Å²) in [4.78, 5) is 3.08. The number of hydrogen-bond acceptors (Lipinski definition) is 9. The zero-order valence-electron chi connectivity index (χ0n) is 37.0. The first-order chi connectivity index (χ1) is 30.6. The van der Waals surface area contributed by atoms with E-state index in [1.165, 1.54) is 31.9 Å². The summed E-state index contributed by atoms with van der Waals surface area (Å²) in [6.07, 6.45) is 18.5. The van der Waals surface area contributed by atoms with Crippen molar-refractivity contribution in [3.05, 3.63) is 118 Å². The van der Waals surface area contributed by atoms with Crippen LogP contribution in [-0.4, -0.2) is 74.1 Å². The van der Waals surface area contributed by atoms with E-state index in [-0.39, 0.29) is 64.6 Å². The second-order valence-electron chi connectivity index (χ2n) is 19.7. The Hall–Kier alpha value is -4.32. The Labute approximate surface area is 372 Å². The third-order valence-corrected chi connectivity index (χ3v) is 16.5. The van der Waals surface area contributed by atoms with Crippen LogP contribution in [0.2, 0.25) is 0 Å². The van der Waals surface area contributed by atoms with Gasteiger partial charge in [-0.3, -0.25) is 0 Å². The van der Waals surface area contributed by atoms with Gasteiger partial charge in [-0.1, -0.05) is 73.9 Å². The van der Waals surface area contributed by atoms with Crippen LogP contribution in [0.15, 0.2) is 79.1 Å². The Morgan fingerprint density at radius 3 is 2.44 bits per heavy atom. The molecule has 0 radical (unpaired) electrons. The van der Waals surface area contributed by atoms with E-state index in [1.807, 2.05) is 37.6 Å². The molecule has 11 atom stereocenters. The number of fused-ring (bicyclic) bond motifs is 2. The van der Waals surface area contributed by atoms with Crippen LogP contribution >= 0.6 is 0 Å². The average molecular weight is 861 g/mol. The molecular formula is C53H68N2O8. The van der Waals surface area contributed by atoms with Gasteiger partial charge in [0, 0.05) is 48.3 Å². The second kappa shape index (κ2) is 18.6. The Bertz CT molecular complexity index is 2200. The SMILES string of the molecule is CNC1C=CC2C(CCC(C(O)CC3(c4ccccc4)CCCCC3)C2c2cc(C3CCC4C(O)CC(c5c(CO)c(O)c(O)c(OC)c5Cc5cc[nH]c5)OC4C3)ccc2O)C1. The second-order valence-corrected chi connectivity index (χ2v) is 19.7. The largest absolute Gasteiger partial charge is 0.508 e. The number of ether oxygens (including phenoxy) is 2. The molecule has 2 heterocycles. The first-order valence-corrected chi connectivity index (χ1v) is 23.7. The van der Waals surface area contributed by atoms with Crippen molar-refractivity contribution in [2.24, 2.45) is 23.7 Å². The molecule has 4 aromatic rings. The van der Waals surface area contributed by atoms with Gasteiger partial charge < -0.3 is 50.4 Å². The zero-order valence-corrected chi connectivity index (χ0v) is 37.0. The number of H-pyrrole nitrogens is 1. The van der Waals surface area contributed by atoms with Crippen molar-refractivity contribution in [1.29, 1.82) is 0 Å². The van der Waals surface area contributed by atoms with Gasteiger partial charge in [0.25, 0.3) is 0 Å². The smallest absolute Gasteiger partial charge is 0.201 e. The van der Waals surface area contributed by atoms with Crippen molar-refractivity contribution in [2.75, 3.05) is 14.2 Å². The molecular weight excluding hydrogens is 793 g/mol. The molecule has 9 rings (SSSR count). The van der Waals surface area contributed by atoms with Crippen molar-refractivity contribution in [1.82, 2.24) is 10.3 Å². The third kappa shape index (κ3) is 8.43. The number of aromatic amines is 1. The standard InChI is InChI=1S/C53H68N2O8/c1-54-36-14-17-37-34(24-36)12-16-39(45(59)28-53(20-7-4-8-21-53)35-9-5-3-6-10-35)48(37)40-25-32(13-18-43(40)57)33-11-15-38-44(58)27-47(63-46(38)26-33)49-41(23-31-19-22-55-29-31)52(62-2)51(61)50(60)42(49)30-56/h3,5-6,9-10,13-14,17-19,22,25,29,33-34,36-39,44-48,54-61H,4,7-8,11-12,15-16,20-21,23-24,26-28,30H2,1-2H3. The predicted octanol–water partition coefficient (Wildman–Crippen LogP) is 8.93. The van der Waals surface area contributed by atoms with E-state index in [4.69, 9.17) is 9.47 Å². The summed E-state index contributed by atoms with van der Waals surface area (Å²) in [6.45, 7) is -0.529. The van der Waals surface area contributed by atoms with Gasteiger partial charge in [0.2, 0.25) is 5.75 Å². The highest BCUT2D eigenvalue weighted by atomic mass is 16.5. The molecule has 8 N–H and O–H groups in total. The van der Waals surface area contributed by atoms with Gasteiger partial charge >= 0.3 is 0 Å². The number of aliphatic hydroxyl groups excluding tert-OH is 3. The maximum absolute atomic E-state index is 12.6. The van der Waals surface area contributed by atoms with Crippen molar-refractivity contribution in [3.8, 4) is 23.0 Å². The lowest BCUT2D eigenvalue weighted by atomic mass is 9.57. The monoisotopic (exact) mass is 860 g/mol. The number of methoxy groups -OCH3 is 1. The molecule has 4 fully saturated rings. The van der Waals surface area contributed by atoms with Crippen LogP contribution in [0.5, 0.6) is 23.0 Å². The summed E-state index contributed by atoms with van der Waals surface area (Å²) in [5, 5.41) is 72.6. The number of phenolic OH excluding ortho intramolecular Hbond substituents is 2. The fraction of sp³-hybridized carbons (Fsp3) is 0.547. The van der Waals surface area contributed by atoms with E-state index < -0.39 is 36.4 Å². The molecule has 0 amide bonds. The predicted molar refractivity (Wildman–Crippen MR) is 243 cm³/mol. The lowest BCUT2D eigenvalue weighted by Crippen LogP contribution is -2.45. The minimum absolute atomic E-state index is 0.0149. The topological polar surface area (TPSA) is 168 Å². The molecule has 3 aromatic carbocycles. The van der Waals surface area contributed by atoms with Crippen LogP contribution in [-0.2, 0) is 23.2 Å². The number of aromatic hydroxyl groups is 3. The summed E-state index contributed by atoms with van der Waals surface area (Å²) in [7, 11) is 3.47. The van der Waals surface area contributed by atoms with Crippen LogP contribution in [0.4, 0.5) is 0 Å². The number of nitrogens with one attached hydrogen (secondary N) is 2. The van der Waals surface area contributed by atoms with Gasteiger partial charge in [-0.2, -0.15) is 0 Å². The molecule has 10 heteroatoms. The number of rotatable bonds is 12. The molecule has 1 aliphatic heterocycles. The van der Waals surface area contributed by atoms with Crippen molar-refractivity contribution < 1.29 is 40.1 Å². The molecule has 338 valence electrons. The van der Waals surface area contributed by atoms with Crippen LogP contribution < -0.4 is 10.1 Å². The zero-order chi connectivity index (χ0) is 43.8. The average Bonchev–Trinajstić information content (AvgIpc) is 3.83. The van der Waals surface area contributed by atoms with Gasteiger partial charge in [-0.15, -0.1) is 0 Å². The van der Waals surface area contributed by atoms with Crippen LogP contribution in [0.25, 0.3) is 0 Å². The van der Waals surface area contributed by atoms with Crippen LogP contribution in [0, 0.1) is 23.7 Å². The highest BCUT2D eigenvalue weighted by Crippen LogP contribution is 2.56. The lowest BCUT2D eigenvalue weighted by Gasteiger charge is -2.49. The highest BCUT2D eigenvalue weighted by Gasteiger charge is 2.48. The van der Waals surface area contributed by atoms with E-state index in [9.17, 15) is 30.6 Å². The van der Waals surface area contributed by atoms with Crippen LogP contribution in [0.1, 0.15) is 140 Å². The molecule has 0 bridgehead atoms. The number of aromatic nitrogens is 1. The molecule has 1 aromatic heterocycles. The van der Waals surface area contributed by atoms with Gasteiger partial charge in [-0.05, 0) is 140 Å². The van der Waals surface area contributed by atoms with Gasteiger partial charge in [-0.25, -0.2) is 0 Å². The summed E-state index contributed by atoms with van der Waals surface area (Å²) < 4.78 is 12.7. The van der Waals surface area contributed by atoms with Crippen molar-refractivity contribution >= 4 is 0 Å². The summed E-state index contributed by atoms with van der Waals surface area (Å²) in [5.41, 5.74) is 5.57. The molecule has 5 aliphatic rings. The van der Waals surface area contributed by atoms with Crippen LogP contribution in [0.3, 0.4) is 0 Å². The number of likely N-dealkylation sites (N-methyl/N-ethyl adjacent to an activating group) is 1. The number of hydrogen-bond donors (Lipinski definition) is 8. The number of aliphatic hydroxyl groups is 3. The van der Waals surface area contributed by atoms with Gasteiger partial charge in [0.1, 0.15) is 5.75 Å². The third-order valence-electron chi connectivity index (χ3n) is 16.5. The van der Waals surface area contributed by atoms with E-state index >= 15 is 0 Å². The quantitative estimate of drug-likeness (QED) is 0.0513. The van der Waals surface area contributed by atoms with Gasteiger partial charge in [0.05, 0.1) is 38.1 Å². The minimum atomic E-state index is -0.678. The molecule has 3 saturated carbocycles. The molecule has 63 heavy (non-hydrogen) atoms. The van der Waals surface area contributed by atoms with Gasteiger partial charge in [0.15, 0.2) is 11.5 Å². The fourth-order valence-corrected chi connectivity index (χ4v) is 13.3. The number of phenols is 3. The number of benzene rings is 3. The summed E-state index contributed by atoms with van der Waals surface area (Å²) in [5.74, 6) is 0.101. The Balaban J connectivity index is 1.03. The molecule has 0 spiro atoms.